The number of hydrogen-bond acceptors (Lipinski definition) is 2. The monoisotopic (exact) mass is 276 g/mol. The van der Waals surface area contributed by atoms with Crippen LogP contribution in [0, 0.1) is 11.6 Å². The van der Waals surface area contributed by atoms with Crippen LogP contribution in [0.15, 0.2) is 42.5 Å². The Balaban J connectivity index is 2.23. The largest absolute Gasteiger partial charge is 0.324 e. The van der Waals surface area contributed by atoms with E-state index in [1.807, 2.05) is 13.0 Å². The normalized spacial score (nSPS) is 12.0. The molecule has 1 amide bonds. The van der Waals surface area contributed by atoms with Crippen molar-refractivity contribution in [2.75, 3.05) is 5.32 Å². The van der Waals surface area contributed by atoms with Gasteiger partial charge in [-0.15, -0.1) is 0 Å². The fourth-order valence-corrected chi connectivity index (χ4v) is 1.77. The van der Waals surface area contributed by atoms with E-state index < -0.39 is 17.5 Å². The molecule has 0 saturated carbocycles. The molecule has 0 fully saturated rings. The summed E-state index contributed by atoms with van der Waals surface area (Å²) in [6, 6.07) is 9.46. The van der Waals surface area contributed by atoms with E-state index in [9.17, 15) is 13.6 Å². The molecule has 0 bridgehead atoms. The molecule has 2 rings (SSSR count). The predicted octanol–water partition coefficient (Wildman–Crippen LogP) is 3.24. The van der Waals surface area contributed by atoms with Crippen LogP contribution in [-0.4, -0.2) is 5.91 Å². The molecule has 0 saturated heterocycles. The number of rotatable bonds is 3. The van der Waals surface area contributed by atoms with Crippen LogP contribution < -0.4 is 11.1 Å². The van der Waals surface area contributed by atoms with Gasteiger partial charge in [0.2, 0.25) is 0 Å². The van der Waals surface area contributed by atoms with E-state index in [0.717, 1.165) is 23.8 Å². The Morgan fingerprint density at radius 3 is 2.65 bits per heavy atom. The Morgan fingerprint density at radius 1 is 1.20 bits per heavy atom. The number of carbonyl (C=O) groups is 1. The SMILES string of the molecule is CC(N)c1cccc(NC(=O)c2cc(F)ccc2F)c1. The molecular weight excluding hydrogens is 262 g/mol. The number of nitrogens with two attached hydrogens (primary N) is 1. The summed E-state index contributed by atoms with van der Waals surface area (Å²) in [6.45, 7) is 1.81. The van der Waals surface area contributed by atoms with Gasteiger partial charge >= 0.3 is 0 Å². The number of nitrogens with one attached hydrogen (secondary N) is 1. The standard InChI is InChI=1S/C15H14F2N2O/c1-9(18)10-3-2-4-12(7-10)19-15(20)13-8-11(16)5-6-14(13)17/h2-9H,18H2,1H3,(H,19,20). The second-order valence-electron chi connectivity index (χ2n) is 4.49. The zero-order valence-electron chi connectivity index (χ0n) is 10.9. The maximum Gasteiger partial charge on any atom is 0.258 e. The van der Waals surface area contributed by atoms with Crippen molar-refractivity contribution in [2.24, 2.45) is 5.73 Å². The number of hydrogen-bond donors (Lipinski definition) is 2. The first-order valence-corrected chi connectivity index (χ1v) is 6.09. The molecule has 0 aromatic heterocycles. The maximum atomic E-state index is 13.5. The fraction of sp³-hybridized carbons (Fsp3) is 0.133. The van der Waals surface area contributed by atoms with E-state index in [4.69, 9.17) is 5.73 Å². The summed E-state index contributed by atoms with van der Waals surface area (Å²) in [7, 11) is 0. The Kier molecular flexibility index (Phi) is 4.10. The quantitative estimate of drug-likeness (QED) is 0.904. The minimum absolute atomic E-state index is 0.183. The minimum Gasteiger partial charge on any atom is -0.324 e. The highest BCUT2D eigenvalue weighted by Gasteiger charge is 2.13. The maximum absolute atomic E-state index is 13.5. The van der Waals surface area contributed by atoms with Gasteiger partial charge in [0, 0.05) is 11.7 Å². The lowest BCUT2D eigenvalue weighted by Gasteiger charge is -2.10. The molecule has 104 valence electrons. The van der Waals surface area contributed by atoms with Gasteiger partial charge in [0.1, 0.15) is 11.6 Å². The summed E-state index contributed by atoms with van der Waals surface area (Å²) in [5, 5.41) is 2.52. The molecule has 0 aliphatic heterocycles. The van der Waals surface area contributed by atoms with Crippen LogP contribution in [-0.2, 0) is 0 Å². The molecule has 0 spiro atoms. The zero-order chi connectivity index (χ0) is 14.7. The fourth-order valence-electron chi connectivity index (χ4n) is 1.77. The predicted molar refractivity (Wildman–Crippen MR) is 73.4 cm³/mol. The van der Waals surface area contributed by atoms with Crippen molar-refractivity contribution in [2.45, 2.75) is 13.0 Å². The summed E-state index contributed by atoms with van der Waals surface area (Å²) in [5.41, 5.74) is 6.73. The lowest BCUT2D eigenvalue weighted by atomic mass is 10.1. The van der Waals surface area contributed by atoms with Gasteiger partial charge in [0.25, 0.3) is 5.91 Å². The number of benzene rings is 2. The zero-order valence-corrected chi connectivity index (χ0v) is 10.9. The smallest absolute Gasteiger partial charge is 0.258 e. The lowest BCUT2D eigenvalue weighted by molar-refractivity contribution is 0.102. The van der Waals surface area contributed by atoms with Crippen LogP contribution in [0.2, 0.25) is 0 Å². The van der Waals surface area contributed by atoms with Gasteiger partial charge in [-0.05, 0) is 42.8 Å². The highest BCUT2D eigenvalue weighted by Crippen LogP contribution is 2.17. The number of halogens is 2. The van der Waals surface area contributed by atoms with Gasteiger partial charge in [-0.25, -0.2) is 8.78 Å². The van der Waals surface area contributed by atoms with Gasteiger partial charge in [-0.3, -0.25) is 4.79 Å². The molecule has 1 atom stereocenters. The first-order valence-electron chi connectivity index (χ1n) is 6.09. The van der Waals surface area contributed by atoms with Gasteiger partial charge in [-0.1, -0.05) is 12.1 Å². The van der Waals surface area contributed by atoms with Crippen molar-refractivity contribution in [1.82, 2.24) is 0 Å². The molecule has 3 N–H and O–H groups in total. The summed E-state index contributed by atoms with van der Waals surface area (Å²) in [4.78, 5) is 11.9. The summed E-state index contributed by atoms with van der Waals surface area (Å²) >= 11 is 0. The highest BCUT2D eigenvalue weighted by molar-refractivity contribution is 6.04. The van der Waals surface area contributed by atoms with Crippen molar-refractivity contribution in [3.63, 3.8) is 0 Å². The number of carbonyl (C=O) groups excluding carboxylic acids is 1. The molecule has 2 aromatic rings. The van der Waals surface area contributed by atoms with Crippen molar-refractivity contribution in [1.29, 1.82) is 0 Å². The third-order valence-corrected chi connectivity index (χ3v) is 2.84. The molecule has 0 aliphatic carbocycles. The molecule has 0 aliphatic rings. The Bertz CT molecular complexity index is 642. The number of amides is 1. The van der Waals surface area contributed by atoms with E-state index >= 15 is 0 Å². The lowest BCUT2D eigenvalue weighted by Crippen LogP contribution is -2.14. The van der Waals surface area contributed by atoms with Gasteiger partial charge in [-0.2, -0.15) is 0 Å². The summed E-state index contributed by atoms with van der Waals surface area (Å²) < 4.78 is 26.5. The van der Waals surface area contributed by atoms with E-state index in [1.165, 1.54) is 0 Å². The van der Waals surface area contributed by atoms with Crippen LogP contribution in [0.25, 0.3) is 0 Å². The van der Waals surface area contributed by atoms with Gasteiger partial charge < -0.3 is 11.1 Å². The number of anilines is 1. The summed E-state index contributed by atoms with van der Waals surface area (Å²) in [6.07, 6.45) is 0. The average molecular weight is 276 g/mol. The van der Waals surface area contributed by atoms with E-state index in [0.29, 0.717) is 5.69 Å². The van der Waals surface area contributed by atoms with Crippen LogP contribution in [0.1, 0.15) is 28.9 Å². The molecule has 0 radical (unpaired) electrons. The van der Waals surface area contributed by atoms with E-state index in [2.05, 4.69) is 5.32 Å². The van der Waals surface area contributed by atoms with Crippen LogP contribution in [0.4, 0.5) is 14.5 Å². The second kappa shape index (κ2) is 5.79. The van der Waals surface area contributed by atoms with Crippen LogP contribution in [0.5, 0.6) is 0 Å². The third kappa shape index (κ3) is 3.19. The van der Waals surface area contributed by atoms with E-state index in [1.54, 1.807) is 18.2 Å². The summed E-state index contributed by atoms with van der Waals surface area (Å²) in [5.74, 6) is -2.14. The molecule has 20 heavy (non-hydrogen) atoms. The molecule has 5 heteroatoms. The molecule has 2 aromatic carbocycles. The Labute approximate surface area is 115 Å². The first kappa shape index (κ1) is 14.1. The third-order valence-electron chi connectivity index (χ3n) is 2.84. The van der Waals surface area contributed by atoms with E-state index in [-0.39, 0.29) is 11.6 Å². The first-order chi connectivity index (χ1) is 9.47. The Morgan fingerprint density at radius 2 is 1.95 bits per heavy atom. The van der Waals surface area contributed by atoms with Crippen molar-refractivity contribution in [3.05, 3.63) is 65.2 Å². The average Bonchev–Trinajstić information content (AvgIpc) is 2.41. The van der Waals surface area contributed by atoms with Gasteiger partial charge in [0.15, 0.2) is 0 Å². The van der Waals surface area contributed by atoms with Crippen molar-refractivity contribution >= 4 is 11.6 Å². The second-order valence-corrected chi connectivity index (χ2v) is 4.49. The van der Waals surface area contributed by atoms with Crippen molar-refractivity contribution in [3.8, 4) is 0 Å². The van der Waals surface area contributed by atoms with Gasteiger partial charge in [0.05, 0.1) is 5.56 Å². The minimum atomic E-state index is -0.771. The highest BCUT2D eigenvalue weighted by atomic mass is 19.1. The molecule has 0 heterocycles. The van der Waals surface area contributed by atoms with Crippen LogP contribution in [0.3, 0.4) is 0 Å². The molecular formula is C15H14F2N2O. The topological polar surface area (TPSA) is 55.1 Å². The van der Waals surface area contributed by atoms with Crippen molar-refractivity contribution < 1.29 is 13.6 Å². The molecule has 1 unspecified atom stereocenters. The Hall–Kier alpha value is -2.27. The van der Waals surface area contributed by atoms with Crippen LogP contribution >= 0.6 is 0 Å². The molecule has 3 nitrogen and oxygen atoms in total.